The smallest absolute Gasteiger partial charge is 0.146 e. The quantitative estimate of drug-likeness (QED) is 0.0408. The minimum atomic E-state index is 0.468. The van der Waals surface area contributed by atoms with E-state index in [0.717, 1.165) is 127 Å². The topological polar surface area (TPSA) is 62.7 Å². The monoisotopic (exact) mass is 1150 g/mol. The van der Waals surface area contributed by atoms with E-state index in [2.05, 4.69) is 163 Å². The highest BCUT2D eigenvalue weighted by Gasteiger charge is 2.27. The first kappa shape index (κ1) is 59.4. The molecule has 0 aliphatic heterocycles. The maximum Gasteiger partial charge on any atom is 0.146 e. The molecule has 0 saturated heterocycles. The highest BCUT2D eigenvalue weighted by Crippen LogP contribution is 2.53. The van der Waals surface area contributed by atoms with E-state index in [1.165, 1.54) is 83.4 Å². The van der Waals surface area contributed by atoms with Crippen LogP contribution in [0, 0.1) is 23.7 Å². The first-order valence-electron chi connectivity index (χ1n) is 30.5. The Labute approximate surface area is 494 Å². The maximum atomic E-state index is 7.04. The van der Waals surface area contributed by atoms with E-state index in [0.29, 0.717) is 50.1 Å². The number of hydrogen-bond acceptors (Lipinski definition) is 10. The lowest BCUT2D eigenvalue weighted by atomic mass is 9.98. The van der Waals surface area contributed by atoms with Crippen LogP contribution in [0.3, 0.4) is 0 Å². The fourth-order valence-electron chi connectivity index (χ4n) is 11.0. The van der Waals surface area contributed by atoms with Crippen LogP contribution in [-0.4, -0.2) is 36.4 Å². The van der Waals surface area contributed by atoms with Crippen molar-refractivity contribution in [3.8, 4) is 76.1 Å². The van der Waals surface area contributed by atoms with E-state index in [9.17, 15) is 0 Å². The highest BCUT2D eigenvalue weighted by molar-refractivity contribution is 7.27. The van der Waals surface area contributed by atoms with Gasteiger partial charge in [0.1, 0.15) is 34.4 Å². The molecule has 4 aromatic carbocycles. The summed E-state index contributed by atoms with van der Waals surface area (Å²) in [6.45, 7) is 21.0. The Morgan fingerprint density at radius 3 is 1.35 bits per heavy atom. The van der Waals surface area contributed by atoms with E-state index in [1.807, 2.05) is 22.7 Å². The predicted molar refractivity (Wildman–Crippen MR) is 348 cm³/mol. The van der Waals surface area contributed by atoms with Gasteiger partial charge in [-0.3, -0.25) is 0 Å². The molecule has 0 N–H and O–H groups in total. The Morgan fingerprint density at radius 1 is 0.388 bits per heavy atom. The van der Waals surface area contributed by atoms with Crippen molar-refractivity contribution in [2.45, 2.75) is 158 Å². The molecule has 424 valence electrons. The van der Waals surface area contributed by atoms with Crippen LogP contribution in [0.4, 0.5) is 0 Å². The summed E-state index contributed by atoms with van der Waals surface area (Å²) < 4.78 is 30.2. The third-order valence-electron chi connectivity index (χ3n) is 16.4. The SMILES string of the molecule is CCCCC(CC)COc1ccccc1-c1nc2c(-c3cccs3)ccc(-c3ccc(-c4cc5c(OCC(CC)CCCC)c6sccc6c(OCC(CC)CCCC)c5s4)s3)c2nc1-c1ccccc1OCC(CC)CCCC. The van der Waals surface area contributed by atoms with E-state index < -0.39 is 0 Å². The number of thiophene rings is 4. The van der Waals surface area contributed by atoms with Crippen LogP contribution in [-0.2, 0) is 0 Å². The molecule has 10 heteroatoms. The number of benzene rings is 4. The normalized spacial score (nSPS) is 13.3. The van der Waals surface area contributed by atoms with Gasteiger partial charge >= 0.3 is 0 Å². The summed E-state index contributed by atoms with van der Waals surface area (Å²) in [5.74, 6) is 5.62. The van der Waals surface area contributed by atoms with Gasteiger partial charge in [-0.05, 0) is 115 Å². The fourth-order valence-corrected chi connectivity index (χ4v) is 14.9. The van der Waals surface area contributed by atoms with Crippen LogP contribution < -0.4 is 18.9 Å². The van der Waals surface area contributed by atoms with Gasteiger partial charge in [-0.1, -0.05) is 175 Å². The summed E-state index contributed by atoms with van der Waals surface area (Å²) in [4.78, 5) is 16.4. The number of ether oxygens (including phenoxy) is 4. The van der Waals surface area contributed by atoms with Crippen LogP contribution >= 0.6 is 45.3 Å². The van der Waals surface area contributed by atoms with Crippen LogP contribution in [0.15, 0.2) is 108 Å². The van der Waals surface area contributed by atoms with E-state index in [4.69, 9.17) is 28.9 Å². The highest BCUT2D eigenvalue weighted by atomic mass is 32.1. The summed E-state index contributed by atoms with van der Waals surface area (Å²) in [7, 11) is 0. The number of hydrogen-bond donors (Lipinski definition) is 0. The minimum absolute atomic E-state index is 0.468. The number of aromatic nitrogens is 2. The van der Waals surface area contributed by atoms with Gasteiger partial charge < -0.3 is 18.9 Å². The third kappa shape index (κ3) is 14.0. The Kier molecular flexibility index (Phi) is 22.0. The first-order valence-corrected chi connectivity index (χ1v) is 33.9. The molecule has 9 rings (SSSR count). The summed E-state index contributed by atoms with van der Waals surface area (Å²) in [6.07, 6.45) is 18.6. The lowest BCUT2D eigenvalue weighted by molar-refractivity contribution is 0.234. The Balaban J connectivity index is 1.20. The van der Waals surface area contributed by atoms with Crippen molar-refractivity contribution in [1.29, 1.82) is 0 Å². The standard InChI is InChI=1S/C70H86N2O4S4/c1-9-17-26-47(13-5)43-73-57-32-23-21-30-51(57)63-64(52-31-22-24-33-58(52)74-44-48(14-6)27-18-10-2)72-66-54(36-35-53(65(66)71-63)59-34-25-40-77-59)60-37-38-61(79-60)62-42-56-68(76-46-50(16-8)29-20-12-4)69-55(39-41-78-69)67(70(56)80-62)75-45-49(15-7)28-19-11-3/h21-25,30-42,47-50H,9-20,26-29,43-46H2,1-8H3. The zero-order valence-corrected chi connectivity index (χ0v) is 52.3. The van der Waals surface area contributed by atoms with Crippen molar-refractivity contribution in [2.24, 2.45) is 23.7 Å². The summed E-state index contributed by atoms with van der Waals surface area (Å²) in [5.41, 5.74) is 7.28. The molecule has 4 unspecified atom stereocenters. The van der Waals surface area contributed by atoms with Crippen molar-refractivity contribution in [3.63, 3.8) is 0 Å². The van der Waals surface area contributed by atoms with Crippen molar-refractivity contribution >= 4 is 76.6 Å². The second-order valence-electron chi connectivity index (χ2n) is 22.0. The predicted octanol–water partition coefficient (Wildman–Crippen LogP) is 22.9. The molecule has 6 nitrogen and oxygen atoms in total. The number of fused-ring (bicyclic) bond motifs is 3. The van der Waals surface area contributed by atoms with Crippen molar-refractivity contribution in [3.05, 3.63) is 108 Å². The summed E-state index contributed by atoms with van der Waals surface area (Å²) in [6, 6.07) is 35.0. The lowest BCUT2D eigenvalue weighted by Gasteiger charge is -2.21. The van der Waals surface area contributed by atoms with Gasteiger partial charge in [0, 0.05) is 52.5 Å². The van der Waals surface area contributed by atoms with Crippen molar-refractivity contribution in [2.75, 3.05) is 26.4 Å². The number of para-hydroxylation sites is 2. The Bertz CT molecular complexity index is 3280. The molecule has 4 atom stereocenters. The van der Waals surface area contributed by atoms with Gasteiger partial charge in [-0.25, -0.2) is 9.97 Å². The molecule has 0 bridgehead atoms. The van der Waals surface area contributed by atoms with Gasteiger partial charge in [0.25, 0.3) is 0 Å². The van der Waals surface area contributed by atoms with Gasteiger partial charge in [0.2, 0.25) is 0 Å². The second-order valence-corrected chi connectivity index (χ2v) is 26.0. The molecular weight excluding hydrogens is 1060 g/mol. The lowest BCUT2D eigenvalue weighted by Crippen LogP contribution is -2.12. The zero-order valence-electron chi connectivity index (χ0n) is 49.0. The van der Waals surface area contributed by atoms with Gasteiger partial charge in [-0.2, -0.15) is 0 Å². The fraction of sp³-hybridized carbons (Fsp3) is 0.457. The number of nitrogens with zero attached hydrogens (tertiary/aromatic N) is 2. The molecule has 0 saturated carbocycles. The maximum absolute atomic E-state index is 7.04. The average Bonchev–Trinajstić information content (AvgIpc) is 4.38. The molecule has 0 amide bonds. The van der Waals surface area contributed by atoms with E-state index in [1.54, 1.807) is 22.7 Å². The first-order chi connectivity index (χ1) is 39.3. The Hall–Kier alpha value is -5.26. The Morgan fingerprint density at radius 2 is 0.863 bits per heavy atom. The zero-order chi connectivity index (χ0) is 55.8. The number of rotatable bonds is 33. The molecule has 0 spiro atoms. The largest absolute Gasteiger partial charge is 0.493 e. The molecule has 0 fully saturated rings. The molecule has 5 aromatic heterocycles. The van der Waals surface area contributed by atoms with Gasteiger partial charge in [0.15, 0.2) is 0 Å². The van der Waals surface area contributed by atoms with E-state index in [-0.39, 0.29) is 0 Å². The summed E-state index contributed by atoms with van der Waals surface area (Å²) in [5, 5.41) is 6.67. The molecule has 0 aliphatic rings. The van der Waals surface area contributed by atoms with Crippen LogP contribution in [0.1, 0.15) is 158 Å². The van der Waals surface area contributed by atoms with Crippen molar-refractivity contribution < 1.29 is 18.9 Å². The average molecular weight is 1150 g/mol. The van der Waals surface area contributed by atoms with Crippen molar-refractivity contribution in [1.82, 2.24) is 9.97 Å². The minimum Gasteiger partial charge on any atom is -0.493 e. The third-order valence-corrected chi connectivity index (χ3v) is 20.6. The molecular formula is C70H86N2O4S4. The van der Waals surface area contributed by atoms with Gasteiger partial charge in [0.05, 0.1) is 46.9 Å². The van der Waals surface area contributed by atoms with Crippen LogP contribution in [0.5, 0.6) is 23.0 Å². The molecule has 80 heavy (non-hydrogen) atoms. The van der Waals surface area contributed by atoms with E-state index >= 15 is 0 Å². The number of unbranched alkanes of at least 4 members (excludes halogenated alkanes) is 4. The molecule has 9 aromatic rings. The van der Waals surface area contributed by atoms with Crippen LogP contribution in [0.25, 0.3) is 84.4 Å². The van der Waals surface area contributed by atoms with Gasteiger partial charge in [-0.15, -0.1) is 45.3 Å². The molecule has 0 radical (unpaired) electrons. The molecule has 0 aliphatic carbocycles. The van der Waals surface area contributed by atoms with Crippen LogP contribution in [0.2, 0.25) is 0 Å². The second kappa shape index (κ2) is 29.6. The molecule has 5 heterocycles. The summed E-state index contributed by atoms with van der Waals surface area (Å²) >= 11 is 7.16.